The second-order valence-corrected chi connectivity index (χ2v) is 10.7. The molecular formula is C26H34N4O6. The number of amides is 4. The number of benzene rings is 1. The summed E-state index contributed by atoms with van der Waals surface area (Å²) in [6.07, 6.45) is 3.05. The fraction of sp³-hybridized carbons (Fsp3) is 0.577. The lowest BCUT2D eigenvalue weighted by Gasteiger charge is -2.32. The zero-order valence-corrected chi connectivity index (χ0v) is 21.1. The van der Waals surface area contributed by atoms with Crippen molar-refractivity contribution < 1.29 is 28.7 Å². The summed E-state index contributed by atoms with van der Waals surface area (Å²) in [4.78, 5) is 65.1. The van der Waals surface area contributed by atoms with Gasteiger partial charge in [0.2, 0.25) is 11.8 Å². The van der Waals surface area contributed by atoms with Gasteiger partial charge in [0.15, 0.2) is 0 Å². The van der Waals surface area contributed by atoms with E-state index in [1.807, 2.05) is 20.8 Å². The predicted octanol–water partition coefficient (Wildman–Crippen LogP) is 1.94. The summed E-state index contributed by atoms with van der Waals surface area (Å²) in [7, 11) is 0. The Morgan fingerprint density at radius 2 is 1.81 bits per heavy atom. The van der Waals surface area contributed by atoms with Crippen molar-refractivity contribution >= 4 is 35.3 Å². The van der Waals surface area contributed by atoms with Crippen LogP contribution in [0.1, 0.15) is 73.6 Å². The minimum absolute atomic E-state index is 0.0888. The van der Waals surface area contributed by atoms with Crippen LogP contribution in [0.4, 0.5) is 5.69 Å². The van der Waals surface area contributed by atoms with E-state index in [0.717, 1.165) is 37.3 Å². The van der Waals surface area contributed by atoms with Gasteiger partial charge in [-0.25, -0.2) is 0 Å². The number of piperidine rings is 2. The molecular weight excluding hydrogens is 464 g/mol. The third-order valence-corrected chi connectivity index (χ3v) is 6.82. The highest BCUT2D eigenvalue weighted by Crippen LogP contribution is 2.32. The Kier molecular flexibility index (Phi) is 7.44. The largest absolute Gasteiger partial charge is 0.459 e. The van der Waals surface area contributed by atoms with E-state index in [4.69, 9.17) is 4.74 Å². The fourth-order valence-corrected chi connectivity index (χ4v) is 5.06. The zero-order chi connectivity index (χ0) is 26.0. The summed E-state index contributed by atoms with van der Waals surface area (Å²) in [6.45, 7) is 8.19. The van der Waals surface area contributed by atoms with Gasteiger partial charge >= 0.3 is 5.97 Å². The maximum absolute atomic E-state index is 13.2. The molecule has 2 saturated heterocycles. The second-order valence-electron chi connectivity index (χ2n) is 10.7. The van der Waals surface area contributed by atoms with E-state index < -0.39 is 35.3 Å². The van der Waals surface area contributed by atoms with Gasteiger partial charge in [0.1, 0.15) is 11.6 Å². The van der Waals surface area contributed by atoms with Crippen molar-refractivity contribution in [2.45, 2.75) is 64.5 Å². The number of rotatable bonds is 7. The van der Waals surface area contributed by atoms with Gasteiger partial charge in [-0.05, 0) is 77.6 Å². The number of ether oxygens (including phenoxy) is 1. The molecule has 0 spiro atoms. The first-order valence-electron chi connectivity index (χ1n) is 12.6. The molecule has 0 aliphatic carbocycles. The van der Waals surface area contributed by atoms with E-state index in [2.05, 4.69) is 15.5 Å². The van der Waals surface area contributed by atoms with Gasteiger partial charge in [0, 0.05) is 18.7 Å². The zero-order valence-electron chi connectivity index (χ0n) is 21.1. The van der Waals surface area contributed by atoms with E-state index in [1.165, 1.54) is 0 Å². The smallest absolute Gasteiger partial charge is 0.320 e. The van der Waals surface area contributed by atoms with Crippen molar-refractivity contribution in [2.75, 3.05) is 31.5 Å². The van der Waals surface area contributed by atoms with Crippen LogP contribution in [0, 0.1) is 5.92 Å². The Labute approximate surface area is 210 Å². The van der Waals surface area contributed by atoms with Crippen molar-refractivity contribution in [3.63, 3.8) is 0 Å². The van der Waals surface area contributed by atoms with Crippen molar-refractivity contribution in [3.05, 3.63) is 29.3 Å². The monoisotopic (exact) mass is 498 g/mol. The van der Waals surface area contributed by atoms with Crippen molar-refractivity contribution in [2.24, 2.45) is 5.92 Å². The predicted molar refractivity (Wildman–Crippen MR) is 131 cm³/mol. The molecule has 3 aliphatic rings. The van der Waals surface area contributed by atoms with Crippen LogP contribution < -0.4 is 10.6 Å². The molecule has 194 valence electrons. The van der Waals surface area contributed by atoms with Gasteiger partial charge in [-0.15, -0.1) is 0 Å². The molecule has 3 heterocycles. The number of nitrogens with one attached hydrogen (secondary N) is 2. The van der Waals surface area contributed by atoms with Gasteiger partial charge in [-0.3, -0.25) is 39.1 Å². The maximum Gasteiger partial charge on any atom is 0.320 e. The van der Waals surface area contributed by atoms with Crippen LogP contribution in [-0.4, -0.2) is 77.2 Å². The average Bonchev–Trinajstić information content (AvgIpc) is 3.05. The summed E-state index contributed by atoms with van der Waals surface area (Å²) in [5.41, 5.74) is 0.636. The first kappa shape index (κ1) is 25.8. The Morgan fingerprint density at radius 1 is 1.08 bits per heavy atom. The molecule has 2 N–H and O–H groups in total. The van der Waals surface area contributed by atoms with Crippen LogP contribution in [0.3, 0.4) is 0 Å². The number of carbonyl (C=O) groups excluding carboxylic acids is 5. The number of imide groups is 2. The van der Waals surface area contributed by atoms with E-state index >= 15 is 0 Å². The van der Waals surface area contributed by atoms with Gasteiger partial charge in [-0.2, -0.15) is 0 Å². The highest BCUT2D eigenvalue weighted by atomic mass is 16.6. The molecule has 2 fully saturated rings. The third-order valence-electron chi connectivity index (χ3n) is 6.82. The number of likely N-dealkylation sites (tertiary alicyclic amines) is 1. The number of hydrogen-bond donors (Lipinski definition) is 2. The molecule has 1 unspecified atom stereocenters. The van der Waals surface area contributed by atoms with Gasteiger partial charge in [0.05, 0.1) is 17.7 Å². The molecule has 4 amide bonds. The Morgan fingerprint density at radius 3 is 2.47 bits per heavy atom. The van der Waals surface area contributed by atoms with Gasteiger partial charge in [-0.1, -0.05) is 6.07 Å². The quantitative estimate of drug-likeness (QED) is 0.432. The first-order valence-corrected chi connectivity index (χ1v) is 12.6. The molecule has 0 radical (unpaired) electrons. The van der Waals surface area contributed by atoms with E-state index in [0.29, 0.717) is 24.7 Å². The number of esters is 1. The lowest BCUT2D eigenvalue weighted by atomic mass is 9.93. The first-order chi connectivity index (χ1) is 17.0. The number of carbonyl (C=O) groups is 5. The lowest BCUT2D eigenvalue weighted by Crippen LogP contribution is -2.54. The highest BCUT2D eigenvalue weighted by Gasteiger charge is 2.45. The summed E-state index contributed by atoms with van der Waals surface area (Å²) in [5, 5.41) is 5.53. The minimum atomic E-state index is -0.978. The Bertz CT molecular complexity index is 1070. The highest BCUT2D eigenvalue weighted by molar-refractivity contribution is 6.25. The summed E-state index contributed by atoms with van der Waals surface area (Å²) >= 11 is 0. The summed E-state index contributed by atoms with van der Waals surface area (Å²) in [6, 6.07) is 4.10. The third kappa shape index (κ3) is 5.75. The van der Waals surface area contributed by atoms with Crippen LogP contribution in [-0.2, 0) is 19.1 Å². The fourth-order valence-electron chi connectivity index (χ4n) is 5.06. The SMILES string of the molecule is CC(C)(C)OC(=O)CN1CCC(CCNc2cccc3c2C(=O)N(C2CCC(=O)NC2=O)C3=O)CC1. The molecule has 4 rings (SSSR count). The molecule has 3 aliphatic heterocycles. The van der Waals surface area contributed by atoms with E-state index in [9.17, 15) is 24.0 Å². The van der Waals surface area contributed by atoms with Crippen molar-refractivity contribution in [3.8, 4) is 0 Å². The van der Waals surface area contributed by atoms with Gasteiger partial charge < -0.3 is 10.1 Å². The Hall–Kier alpha value is -3.27. The van der Waals surface area contributed by atoms with Crippen LogP contribution in [0.25, 0.3) is 0 Å². The van der Waals surface area contributed by atoms with E-state index in [-0.39, 0.29) is 29.9 Å². The number of hydrogen-bond acceptors (Lipinski definition) is 8. The molecule has 10 heteroatoms. The number of anilines is 1. The van der Waals surface area contributed by atoms with Crippen LogP contribution in [0.2, 0.25) is 0 Å². The second kappa shape index (κ2) is 10.4. The summed E-state index contributed by atoms with van der Waals surface area (Å²) in [5.74, 6) is -1.75. The maximum atomic E-state index is 13.2. The average molecular weight is 499 g/mol. The molecule has 0 bridgehead atoms. The molecule has 1 aromatic carbocycles. The number of nitrogens with zero attached hydrogens (tertiary/aromatic N) is 2. The molecule has 36 heavy (non-hydrogen) atoms. The van der Waals surface area contributed by atoms with Crippen molar-refractivity contribution in [1.29, 1.82) is 0 Å². The minimum Gasteiger partial charge on any atom is -0.459 e. The Balaban J connectivity index is 1.30. The van der Waals surface area contributed by atoms with Crippen LogP contribution in [0.5, 0.6) is 0 Å². The molecule has 0 aromatic heterocycles. The number of fused-ring (bicyclic) bond motifs is 1. The topological polar surface area (TPSA) is 125 Å². The molecule has 0 saturated carbocycles. The molecule has 1 aromatic rings. The molecule has 1 atom stereocenters. The van der Waals surface area contributed by atoms with Crippen LogP contribution in [0.15, 0.2) is 18.2 Å². The standard InChI is InChI=1S/C26H34N4O6/c1-26(2,3)36-21(32)15-29-13-10-16(11-14-29)9-12-27-18-6-4-5-17-22(18)25(35)30(24(17)34)19-7-8-20(31)28-23(19)33/h4-6,16,19,27H,7-15H2,1-3H3,(H,28,31,33). The van der Waals surface area contributed by atoms with E-state index in [1.54, 1.807) is 18.2 Å². The molecule has 10 nitrogen and oxygen atoms in total. The van der Waals surface area contributed by atoms with Crippen molar-refractivity contribution in [1.82, 2.24) is 15.1 Å². The van der Waals surface area contributed by atoms with Crippen LogP contribution >= 0.6 is 0 Å². The van der Waals surface area contributed by atoms with Gasteiger partial charge in [0.25, 0.3) is 11.8 Å². The summed E-state index contributed by atoms with van der Waals surface area (Å²) < 4.78 is 5.41. The normalized spacial score (nSPS) is 21.4. The lowest BCUT2D eigenvalue weighted by molar-refractivity contribution is -0.156.